The highest BCUT2D eigenvalue weighted by atomic mass is 32.2. The summed E-state index contributed by atoms with van der Waals surface area (Å²) in [5, 5.41) is 18.2. The van der Waals surface area contributed by atoms with Gasteiger partial charge in [0.25, 0.3) is 5.91 Å². The zero-order valence-electron chi connectivity index (χ0n) is 12.0. The van der Waals surface area contributed by atoms with E-state index in [1.54, 1.807) is 4.90 Å². The van der Waals surface area contributed by atoms with Crippen LogP contribution in [0.4, 0.5) is 4.79 Å². The van der Waals surface area contributed by atoms with E-state index in [4.69, 9.17) is 5.11 Å². The lowest BCUT2D eigenvalue weighted by atomic mass is 10.1. The van der Waals surface area contributed by atoms with Crippen LogP contribution >= 0.6 is 11.8 Å². The van der Waals surface area contributed by atoms with Gasteiger partial charge >= 0.3 is 12.1 Å². The Morgan fingerprint density at radius 1 is 1.27 bits per heavy atom. The highest BCUT2D eigenvalue weighted by molar-refractivity contribution is 7.99. The average Bonchev–Trinajstić information content (AvgIpc) is 2.76. The van der Waals surface area contributed by atoms with Crippen molar-refractivity contribution in [1.82, 2.24) is 14.7 Å². The van der Waals surface area contributed by atoms with Crippen molar-refractivity contribution in [2.75, 3.05) is 25.3 Å². The highest BCUT2D eigenvalue weighted by Crippen LogP contribution is 2.26. The molecule has 1 unspecified atom stereocenters. The SMILES string of the molecule is CN(C(=O)O)C(=O)[C@@H]1CSCN2CN1C(=O)CC[C@H]2C(=O)O. The van der Waals surface area contributed by atoms with Crippen LogP contribution < -0.4 is 0 Å². The Morgan fingerprint density at radius 2 is 1.95 bits per heavy atom. The number of rotatable bonds is 2. The minimum atomic E-state index is -1.39. The molecule has 0 aromatic heterocycles. The largest absolute Gasteiger partial charge is 0.480 e. The molecule has 10 heteroatoms. The van der Waals surface area contributed by atoms with E-state index in [1.807, 2.05) is 0 Å². The van der Waals surface area contributed by atoms with Crippen molar-refractivity contribution in [2.45, 2.75) is 24.9 Å². The number of hydrogen-bond acceptors (Lipinski definition) is 6. The van der Waals surface area contributed by atoms with Crippen molar-refractivity contribution >= 4 is 35.6 Å². The van der Waals surface area contributed by atoms with Crippen molar-refractivity contribution < 1.29 is 29.4 Å². The topological polar surface area (TPSA) is 118 Å². The second kappa shape index (κ2) is 6.53. The van der Waals surface area contributed by atoms with E-state index in [-0.39, 0.29) is 31.2 Å². The molecule has 3 atom stereocenters. The molecule has 2 heterocycles. The summed E-state index contributed by atoms with van der Waals surface area (Å²) in [5.41, 5.74) is 0. The Bertz CT molecular complexity index is 513. The van der Waals surface area contributed by atoms with Gasteiger partial charge in [-0.1, -0.05) is 0 Å². The first-order valence-electron chi connectivity index (χ1n) is 6.67. The van der Waals surface area contributed by atoms with Crippen LogP contribution in [0.2, 0.25) is 0 Å². The zero-order chi connectivity index (χ0) is 16.4. The standard InChI is InChI=1S/C12H17N3O6S/c1-13(12(20)21)10(17)8-4-22-6-14-5-15(8)9(16)3-2-7(14)11(18)19/h7-8H,2-6H2,1H3,(H,18,19)(H,20,21)/t7-,8-/m0/s1. The fourth-order valence-electron chi connectivity index (χ4n) is 2.54. The molecular formula is C12H17N3O6S. The maximum atomic E-state index is 12.3. The number of aliphatic carboxylic acids is 1. The number of carbonyl (C=O) groups is 4. The first-order chi connectivity index (χ1) is 10.3. The Kier molecular flexibility index (Phi) is 4.91. The van der Waals surface area contributed by atoms with Gasteiger partial charge in [-0.2, -0.15) is 0 Å². The molecule has 9 nitrogen and oxygen atoms in total. The van der Waals surface area contributed by atoms with E-state index in [0.717, 1.165) is 7.05 Å². The van der Waals surface area contributed by atoms with Crippen molar-refractivity contribution in [3.8, 4) is 0 Å². The summed E-state index contributed by atoms with van der Waals surface area (Å²) in [4.78, 5) is 50.2. The lowest BCUT2D eigenvalue weighted by Gasteiger charge is -2.31. The number of likely N-dealkylation sites (N-methyl/N-ethyl adjacent to an activating group) is 1. The van der Waals surface area contributed by atoms with Crippen LogP contribution in [-0.2, 0) is 14.4 Å². The number of hydrogen-bond donors (Lipinski definition) is 2. The molecule has 2 fully saturated rings. The second-order valence-corrected chi connectivity index (χ2v) is 6.18. The van der Waals surface area contributed by atoms with Crippen molar-refractivity contribution in [3.05, 3.63) is 0 Å². The van der Waals surface area contributed by atoms with Crippen LogP contribution in [0, 0.1) is 0 Å². The van der Waals surface area contributed by atoms with E-state index in [0.29, 0.717) is 10.8 Å². The van der Waals surface area contributed by atoms with Crippen LogP contribution in [0.15, 0.2) is 0 Å². The van der Waals surface area contributed by atoms with Gasteiger partial charge in [0.05, 0.1) is 6.67 Å². The molecule has 2 N–H and O–H groups in total. The first-order valence-corrected chi connectivity index (χ1v) is 7.83. The Hall–Kier alpha value is -1.81. The number of carboxylic acids is 1. The lowest BCUT2D eigenvalue weighted by molar-refractivity contribution is -0.146. The van der Waals surface area contributed by atoms with E-state index < -0.39 is 30.1 Å². The lowest BCUT2D eigenvalue weighted by Crippen LogP contribution is -2.53. The molecule has 2 bridgehead atoms. The van der Waals surface area contributed by atoms with Crippen molar-refractivity contribution in [2.24, 2.45) is 0 Å². The van der Waals surface area contributed by atoms with Gasteiger partial charge in [-0.05, 0) is 6.42 Å². The van der Waals surface area contributed by atoms with Crippen LogP contribution in [0.5, 0.6) is 0 Å². The average molecular weight is 331 g/mol. The summed E-state index contributed by atoms with van der Waals surface area (Å²) in [6.45, 7) is 0.0205. The Labute approximate surface area is 130 Å². The maximum absolute atomic E-state index is 12.3. The number of nitrogens with zero attached hydrogens (tertiary/aromatic N) is 3. The number of fused-ring (bicyclic) bond motifs is 2. The van der Waals surface area contributed by atoms with Gasteiger partial charge in [0, 0.05) is 25.1 Å². The molecule has 2 aliphatic rings. The maximum Gasteiger partial charge on any atom is 0.413 e. The summed E-state index contributed by atoms with van der Waals surface area (Å²) in [6.07, 6.45) is -1.18. The van der Waals surface area contributed by atoms with Gasteiger partial charge in [-0.15, -0.1) is 11.8 Å². The predicted molar refractivity (Wildman–Crippen MR) is 76.1 cm³/mol. The van der Waals surface area contributed by atoms with Crippen LogP contribution in [-0.4, -0.2) is 86.2 Å². The fourth-order valence-corrected chi connectivity index (χ4v) is 3.68. The zero-order valence-corrected chi connectivity index (χ0v) is 12.8. The number of carboxylic acid groups (broad SMARTS) is 2. The number of amides is 3. The molecule has 0 saturated carbocycles. The minimum absolute atomic E-state index is 0.0205. The molecule has 22 heavy (non-hydrogen) atoms. The number of thioether (sulfide) groups is 1. The van der Waals surface area contributed by atoms with E-state index >= 15 is 0 Å². The molecule has 0 aromatic carbocycles. The Balaban J connectivity index is 2.26. The third-order valence-electron chi connectivity index (χ3n) is 3.82. The molecule has 0 spiro atoms. The van der Waals surface area contributed by atoms with Gasteiger partial charge in [0.1, 0.15) is 12.1 Å². The van der Waals surface area contributed by atoms with E-state index in [1.165, 1.54) is 16.7 Å². The summed E-state index contributed by atoms with van der Waals surface area (Å²) in [5.74, 6) is -1.38. The molecule has 2 rings (SSSR count). The van der Waals surface area contributed by atoms with Crippen molar-refractivity contribution in [1.29, 1.82) is 0 Å². The van der Waals surface area contributed by atoms with Gasteiger partial charge in [-0.25, -0.2) is 9.69 Å². The van der Waals surface area contributed by atoms with Gasteiger partial charge in [0.15, 0.2) is 0 Å². The summed E-state index contributed by atoms with van der Waals surface area (Å²) in [6, 6.07) is -1.66. The molecule has 0 aromatic rings. The quantitative estimate of drug-likeness (QED) is 0.697. The molecule has 122 valence electrons. The van der Waals surface area contributed by atoms with Gasteiger partial charge in [-0.3, -0.25) is 19.3 Å². The molecular weight excluding hydrogens is 314 g/mol. The molecule has 0 aliphatic carbocycles. The smallest absolute Gasteiger partial charge is 0.413 e. The highest BCUT2D eigenvalue weighted by Gasteiger charge is 2.41. The number of carbonyl (C=O) groups excluding carboxylic acids is 2. The van der Waals surface area contributed by atoms with Crippen LogP contribution in [0.25, 0.3) is 0 Å². The molecule has 2 saturated heterocycles. The monoisotopic (exact) mass is 331 g/mol. The molecule has 2 aliphatic heterocycles. The summed E-state index contributed by atoms with van der Waals surface area (Å²) in [7, 11) is 1.14. The molecule has 0 radical (unpaired) electrons. The summed E-state index contributed by atoms with van der Waals surface area (Å²) >= 11 is 1.32. The third kappa shape index (κ3) is 3.17. The third-order valence-corrected chi connectivity index (χ3v) is 4.89. The predicted octanol–water partition coefficient (Wildman–Crippen LogP) is -0.469. The molecule has 3 amide bonds. The summed E-state index contributed by atoms with van der Waals surface area (Å²) < 4.78 is 0. The van der Waals surface area contributed by atoms with Gasteiger partial charge in [0.2, 0.25) is 5.91 Å². The van der Waals surface area contributed by atoms with E-state index in [9.17, 15) is 24.3 Å². The second-order valence-electron chi connectivity index (χ2n) is 5.18. The Morgan fingerprint density at radius 3 is 2.55 bits per heavy atom. The van der Waals surface area contributed by atoms with E-state index in [2.05, 4.69) is 0 Å². The minimum Gasteiger partial charge on any atom is -0.480 e. The number of imide groups is 1. The van der Waals surface area contributed by atoms with Gasteiger partial charge < -0.3 is 15.1 Å². The fraction of sp³-hybridized carbons (Fsp3) is 0.667. The van der Waals surface area contributed by atoms with Crippen molar-refractivity contribution in [3.63, 3.8) is 0 Å². The normalized spacial score (nSPS) is 28.5. The van der Waals surface area contributed by atoms with Crippen LogP contribution in [0.1, 0.15) is 12.8 Å². The van der Waals surface area contributed by atoms with Crippen LogP contribution in [0.3, 0.4) is 0 Å². The first kappa shape index (κ1) is 16.6.